The summed E-state index contributed by atoms with van der Waals surface area (Å²) in [5, 5.41) is 2.15. The van der Waals surface area contributed by atoms with Gasteiger partial charge in [0.25, 0.3) is 5.76 Å². The highest BCUT2D eigenvalue weighted by molar-refractivity contribution is 9.10. The van der Waals surface area contributed by atoms with E-state index in [9.17, 15) is 35.2 Å². The summed E-state index contributed by atoms with van der Waals surface area (Å²) in [6.45, 7) is 1.28. The van der Waals surface area contributed by atoms with Gasteiger partial charge in [-0.3, -0.25) is 4.72 Å². The molecule has 1 unspecified atom stereocenters. The number of rotatable bonds is 6. The largest absolute Gasteiger partial charge is 0.453 e. The van der Waals surface area contributed by atoms with E-state index < -0.39 is 57.2 Å². The third-order valence-corrected chi connectivity index (χ3v) is 5.58. The zero-order chi connectivity index (χ0) is 26.1. The average molecular weight is 583 g/mol. The summed E-state index contributed by atoms with van der Waals surface area (Å²) in [5.41, 5.74) is -0.773. The number of benzene rings is 2. The van der Waals surface area contributed by atoms with Crippen LogP contribution in [0.3, 0.4) is 0 Å². The van der Waals surface area contributed by atoms with Gasteiger partial charge in [0, 0.05) is 16.1 Å². The summed E-state index contributed by atoms with van der Waals surface area (Å²) in [6, 6.07) is 7.40. The van der Waals surface area contributed by atoms with Crippen molar-refractivity contribution >= 4 is 37.7 Å². The van der Waals surface area contributed by atoms with Gasteiger partial charge in [0.15, 0.2) is 17.4 Å². The van der Waals surface area contributed by atoms with Gasteiger partial charge in [-0.1, -0.05) is 28.1 Å². The van der Waals surface area contributed by atoms with E-state index in [1.165, 1.54) is 19.1 Å². The highest BCUT2D eigenvalue weighted by atomic mass is 79.9. The zero-order valence-electron chi connectivity index (χ0n) is 17.8. The van der Waals surface area contributed by atoms with E-state index in [0.717, 1.165) is 18.2 Å². The SMILES string of the molecule is CC(NC(=O)Oc1cc(-c2ccc(Br)cc2)oc1C(F)(F)F)c1cc(F)c(NS(C)(=O)=O)c(F)c1. The second-order valence-corrected chi connectivity index (χ2v) is 9.96. The summed E-state index contributed by atoms with van der Waals surface area (Å²) in [7, 11) is -3.97. The molecule has 7 nitrogen and oxygen atoms in total. The van der Waals surface area contributed by atoms with Crippen molar-refractivity contribution < 1.29 is 44.3 Å². The molecule has 188 valence electrons. The Labute approximate surface area is 204 Å². The highest BCUT2D eigenvalue weighted by Gasteiger charge is 2.40. The first-order chi connectivity index (χ1) is 16.1. The second kappa shape index (κ2) is 9.85. The number of halogens is 6. The van der Waals surface area contributed by atoms with Crippen LogP contribution in [0.5, 0.6) is 5.75 Å². The fourth-order valence-corrected chi connectivity index (χ4v) is 3.75. The number of hydrogen-bond acceptors (Lipinski definition) is 5. The standard InChI is InChI=1S/C21H16BrF5N2O5S/c1-10(12-7-14(23)18(15(24)8-12)29-35(2,31)32)28-20(30)34-17-9-16(33-19(17)21(25,26)27)11-3-5-13(22)6-4-11/h3-10,29H,1-2H3,(H,28,30). The minimum Gasteiger partial charge on any atom is -0.448 e. The lowest BCUT2D eigenvalue weighted by atomic mass is 10.1. The number of carbonyl (C=O) groups excluding carboxylic acids is 1. The normalized spacial score (nSPS) is 12.8. The number of furan rings is 1. The molecule has 1 amide bonds. The topological polar surface area (TPSA) is 97.6 Å². The monoisotopic (exact) mass is 582 g/mol. The number of anilines is 1. The number of ether oxygens (including phenoxy) is 1. The molecule has 0 aliphatic heterocycles. The molecule has 0 aliphatic carbocycles. The molecular weight excluding hydrogens is 567 g/mol. The molecule has 2 N–H and O–H groups in total. The molecule has 0 saturated heterocycles. The molecule has 35 heavy (non-hydrogen) atoms. The number of carbonyl (C=O) groups is 1. The van der Waals surface area contributed by atoms with Crippen LogP contribution >= 0.6 is 15.9 Å². The van der Waals surface area contributed by atoms with Crippen molar-refractivity contribution in [3.8, 4) is 17.1 Å². The second-order valence-electron chi connectivity index (χ2n) is 7.30. The van der Waals surface area contributed by atoms with E-state index in [2.05, 4.69) is 21.2 Å². The molecule has 0 fully saturated rings. The van der Waals surface area contributed by atoms with Crippen molar-refractivity contribution in [2.24, 2.45) is 0 Å². The highest BCUT2D eigenvalue weighted by Crippen LogP contribution is 2.41. The van der Waals surface area contributed by atoms with Crippen LogP contribution in [0.15, 0.2) is 51.4 Å². The van der Waals surface area contributed by atoms with E-state index >= 15 is 0 Å². The van der Waals surface area contributed by atoms with Gasteiger partial charge in [-0.2, -0.15) is 13.2 Å². The quantitative estimate of drug-likeness (QED) is 0.336. The molecule has 1 atom stereocenters. The van der Waals surface area contributed by atoms with Crippen LogP contribution in [-0.4, -0.2) is 20.8 Å². The Morgan fingerprint density at radius 2 is 1.66 bits per heavy atom. The van der Waals surface area contributed by atoms with Gasteiger partial charge in [-0.05, 0) is 36.8 Å². The number of sulfonamides is 1. The fraction of sp³-hybridized carbons (Fsp3) is 0.190. The van der Waals surface area contributed by atoms with Gasteiger partial charge in [-0.15, -0.1) is 0 Å². The van der Waals surface area contributed by atoms with Crippen LogP contribution < -0.4 is 14.8 Å². The predicted molar refractivity (Wildman–Crippen MR) is 119 cm³/mol. The maximum Gasteiger partial charge on any atom is 0.453 e. The van der Waals surface area contributed by atoms with Gasteiger partial charge >= 0.3 is 12.3 Å². The van der Waals surface area contributed by atoms with E-state index in [4.69, 9.17) is 9.15 Å². The van der Waals surface area contributed by atoms with Crippen molar-refractivity contribution in [1.29, 1.82) is 0 Å². The molecule has 0 spiro atoms. The third-order valence-electron chi connectivity index (χ3n) is 4.47. The van der Waals surface area contributed by atoms with Crippen molar-refractivity contribution in [3.05, 3.63) is 69.9 Å². The zero-order valence-corrected chi connectivity index (χ0v) is 20.2. The molecule has 0 bridgehead atoms. The summed E-state index contributed by atoms with van der Waals surface area (Å²) in [5.74, 6) is -5.20. The summed E-state index contributed by atoms with van der Waals surface area (Å²) >= 11 is 3.20. The van der Waals surface area contributed by atoms with Gasteiger partial charge in [-0.25, -0.2) is 22.0 Å². The van der Waals surface area contributed by atoms with Gasteiger partial charge in [0.2, 0.25) is 10.0 Å². The predicted octanol–water partition coefficient (Wildman–Crippen LogP) is 6.23. The summed E-state index contributed by atoms with van der Waals surface area (Å²) < 4.78 is 103. The maximum absolute atomic E-state index is 14.2. The molecule has 1 heterocycles. The molecule has 0 saturated carbocycles. The minimum absolute atomic E-state index is 0.144. The van der Waals surface area contributed by atoms with E-state index in [-0.39, 0.29) is 16.9 Å². The number of nitrogens with one attached hydrogen (secondary N) is 2. The van der Waals surface area contributed by atoms with Crippen LogP contribution in [0.25, 0.3) is 11.3 Å². The van der Waals surface area contributed by atoms with Crippen LogP contribution in [0.4, 0.5) is 32.4 Å². The molecule has 3 rings (SSSR count). The van der Waals surface area contributed by atoms with Gasteiger partial charge < -0.3 is 14.5 Å². The third kappa shape index (κ3) is 6.72. The lowest BCUT2D eigenvalue weighted by Gasteiger charge is -2.16. The Morgan fingerprint density at radius 1 is 1.09 bits per heavy atom. The minimum atomic E-state index is -4.98. The Hall–Kier alpha value is -3.13. The molecule has 14 heteroatoms. The van der Waals surface area contributed by atoms with Crippen LogP contribution in [0.1, 0.15) is 24.3 Å². The first-order valence-electron chi connectivity index (χ1n) is 9.56. The molecule has 1 aromatic heterocycles. The Morgan fingerprint density at radius 3 is 2.17 bits per heavy atom. The first kappa shape index (κ1) is 26.5. The molecule has 2 aromatic carbocycles. The van der Waals surface area contributed by atoms with Crippen molar-refractivity contribution in [1.82, 2.24) is 5.32 Å². The Kier molecular flexibility index (Phi) is 7.45. The average Bonchev–Trinajstić information content (AvgIpc) is 3.14. The van der Waals surface area contributed by atoms with Gasteiger partial charge in [0.1, 0.15) is 11.4 Å². The Balaban J connectivity index is 1.81. The maximum atomic E-state index is 14.2. The fourth-order valence-electron chi connectivity index (χ4n) is 2.92. The Bertz CT molecular complexity index is 1330. The number of alkyl halides is 3. The molecule has 3 aromatic rings. The van der Waals surface area contributed by atoms with Crippen molar-refractivity contribution in [2.75, 3.05) is 11.0 Å². The van der Waals surface area contributed by atoms with E-state index in [1.54, 1.807) is 16.9 Å². The van der Waals surface area contributed by atoms with Gasteiger partial charge in [0.05, 0.1) is 12.3 Å². The van der Waals surface area contributed by atoms with Crippen molar-refractivity contribution in [3.63, 3.8) is 0 Å². The van der Waals surface area contributed by atoms with E-state index in [1.807, 2.05) is 0 Å². The smallest absolute Gasteiger partial charge is 0.448 e. The summed E-state index contributed by atoms with van der Waals surface area (Å²) in [6.07, 6.45) is -5.64. The van der Waals surface area contributed by atoms with Crippen molar-refractivity contribution in [2.45, 2.75) is 19.1 Å². The summed E-state index contributed by atoms with van der Waals surface area (Å²) in [4.78, 5) is 12.3. The van der Waals surface area contributed by atoms with Crippen LogP contribution in [0.2, 0.25) is 0 Å². The first-order valence-corrected chi connectivity index (χ1v) is 12.2. The lowest BCUT2D eigenvalue weighted by molar-refractivity contribution is -0.153. The molecule has 0 radical (unpaired) electrons. The van der Waals surface area contributed by atoms with Crippen LogP contribution in [-0.2, 0) is 16.2 Å². The molecule has 0 aliphatic rings. The van der Waals surface area contributed by atoms with E-state index in [0.29, 0.717) is 10.7 Å². The molecular formula is C21H16BrF5N2O5S. The lowest BCUT2D eigenvalue weighted by Crippen LogP contribution is -2.30. The number of hydrogen-bond donors (Lipinski definition) is 2. The number of amides is 1. The van der Waals surface area contributed by atoms with Crippen LogP contribution in [0, 0.1) is 11.6 Å².